The summed E-state index contributed by atoms with van der Waals surface area (Å²) in [5.41, 5.74) is 0.817. The van der Waals surface area contributed by atoms with Crippen molar-refractivity contribution in [3.63, 3.8) is 0 Å². The van der Waals surface area contributed by atoms with Crippen LogP contribution in [0.15, 0.2) is 6.07 Å². The molecule has 0 unspecified atom stereocenters. The molecule has 1 aromatic carbocycles. The number of rotatable bonds is 1. The van der Waals surface area contributed by atoms with Crippen LogP contribution >= 0.6 is 0 Å². The Hall–Kier alpha value is -1.71. The molecular formula is C10H10O4. The van der Waals surface area contributed by atoms with Crippen LogP contribution in [0.3, 0.4) is 0 Å². The van der Waals surface area contributed by atoms with E-state index in [4.69, 9.17) is 9.47 Å². The summed E-state index contributed by atoms with van der Waals surface area (Å²) < 4.78 is 10.3. The van der Waals surface area contributed by atoms with E-state index < -0.39 is 0 Å². The number of phenolic OH excluding ortho intramolecular Hbond substituents is 1. The summed E-state index contributed by atoms with van der Waals surface area (Å²) in [6.45, 7) is 3.23. The lowest BCUT2D eigenvalue weighted by molar-refractivity contribution is 0.101. The molecule has 14 heavy (non-hydrogen) atoms. The second-order valence-electron chi connectivity index (χ2n) is 3.19. The highest BCUT2D eigenvalue weighted by atomic mass is 16.7. The molecule has 2 rings (SSSR count). The molecule has 0 saturated heterocycles. The average molecular weight is 194 g/mol. The number of benzene rings is 1. The Balaban J connectivity index is 2.67. The first-order chi connectivity index (χ1) is 6.61. The molecule has 0 bridgehead atoms. The second kappa shape index (κ2) is 2.90. The number of hydrogen-bond acceptors (Lipinski definition) is 4. The van der Waals surface area contributed by atoms with Gasteiger partial charge < -0.3 is 14.6 Å². The van der Waals surface area contributed by atoms with Crippen molar-refractivity contribution in [2.45, 2.75) is 13.8 Å². The van der Waals surface area contributed by atoms with E-state index in [-0.39, 0.29) is 23.9 Å². The van der Waals surface area contributed by atoms with Gasteiger partial charge in [0.15, 0.2) is 17.3 Å². The molecule has 0 atom stereocenters. The Morgan fingerprint density at radius 1 is 1.50 bits per heavy atom. The lowest BCUT2D eigenvalue weighted by Gasteiger charge is -2.07. The molecule has 4 heteroatoms. The SMILES string of the molecule is CC(=O)c1cc2c(c(C)c1O)OCO2. The molecule has 0 amide bonds. The van der Waals surface area contributed by atoms with Gasteiger partial charge in [0, 0.05) is 5.56 Å². The van der Waals surface area contributed by atoms with E-state index in [9.17, 15) is 9.90 Å². The highest BCUT2D eigenvalue weighted by Crippen LogP contribution is 2.42. The molecule has 0 fully saturated rings. The van der Waals surface area contributed by atoms with Gasteiger partial charge in [0.05, 0.1) is 5.56 Å². The van der Waals surface area contributed by atoms with E-state index in [0.717, 1.165) is 0 Å². The number of carbonyl (C=O) groups excluding carboxylic acids is 1. The number of aromatic hydroxyl groups is 1. The monoisotopic (exact) mass is 194 g/mol. The Bertz CT molecular complexity index is 409. The Morgan fingerprint density at radius 2 is 2.21 bits per heavy atom. The summed E-state index contributed by atoms with van der Waals surface area (Å²) in [7, 11) is 0. The van der Waals surface area contributed by atoms with Crippen molar-refractivity contribution in [1.82, 2.24) is 0 Å². The zero-order valence-electron chi connectivity index (χ0n) is 7.96. The number of ether oxygens (including phenoxy) is 2. The Morgan fingerprint density at radius 3 is 2.86 bits per heavy atom. The summed E-state index contributed by atoms with van der Waals surface area (Å²) in [5, 5.41) is 9.68. The van der Waals surface area contributed by atoms with Gasteiger partial charge in [0.2, 0.25) is 6.79 Å². The van der Waals surface area contributed by atoms with Crippen LogP contribution < -0.4 is 9.47 Å². The first-order valence-electron chi connectivity index (χ1n) is 4.24. The van der Waals surface area contributed by atoms with Crippen LogP contribution in [0.5, 0.6) is 17.2 Å². The minimum absolute atomic E-state index is 0.0262. The molecule has 1 N–H and O–H groups in total. The largest absolute Gasteiger partial charge is 0.507 e. The van der Waals surface area contributed by atoms with E-state index >= 15 is 0 Å². The van der Waals surface area contributed by atoms with Gasteiger partial charge in [-0.1, -0.05) is 0 Å². The molecule has 4 nitrogen and oxygen atoms in total. The van der Waals surface area contributed by atoms with Crippen LogP contribution in [0.1, 0.15) is 22.8 Å². The Kier molecular flexibility index (Phi) is 1.84. The highest BCUT2D eigenvalue weighted by molar-refractivity contribution is 5.98. The molecule has 0 radical (unpaired) electrons. The van der Waals surface area contributed by atoms with Crippen LogP contribution in [0.2, 0.25) is 0 Å². The normalized spacial score (nSPS) is 13.0. The van der Waals surface area contributed by atoms with Gasteiger partial charge in [-0.3, -0.25) is 4.79 Å². The van der Waals surface area contributed by atoms with Crippen LogP contribution in [0, 0.1) is 6.92 Å². The van der Waals surface area contributed by atoms with E-state index in [1.54, 1.807) is 6.92 Å². The number of hydrogen-bond donors (Lipinski definition) is 1. The van der Waals surface area contributed by atoms with E-state index in [1.165, 1.54) is 13.0 Å². The van der Waals surface area contributed by atoms with Gasteiger partial charge in [0.1, 0.15) is 5.75 Å². The molecule has 0 aliphatic carbocycles. The standard InChI is InChI=1S/C10H10O4/c1-5-9(12)7(6(2)11)3-8-10(5)14-4-13-8/h3,12H,4H2,1-2H3. The predicted octanol–water partition coefficient (Wildman–Crippen LogP) is 1.63. The fraction of sp³-hybridized carbons (Fsp3) is 0.300. The van der Waals surface area contributed by atoms with E-state index in [0.29, 0.717) is 17.1 Å². The maximum absolute atomic E-state index is 11.2. The number of ketones is 1. The van der Waals surface area contributed by atoms with Gasteiger partial charge >= 0.3 is 0 Å². The summed E-state index contributed by atoms with van der Waals surface area (Å²) in [6, 6.07) is 1.51. The third kappa shape index (κ3) is 1.11. The number of fused-ring (bicyclic) bond motifs is 1. The molecular weight excluding hydrogens is 184 g/mol. The zero-order valence-corrected chi connectivity index (χ0v) is 7.96. The summed E-state index contributed by atoms with van der Waals surface area (Å²) >= 11 is 0. The maximum atomic E-state index is 11.2. The fourth-order valence-corrected chi connectivity index (χ4v) is 1.47. The van der Waals surface area contributed by atoms with Crippen molar-refractivity contribution in [3.05, 3.63) is 17.2 Å². The predicted molar refractivity (Wildman–Crippen MR) is 49.0 cm³/mol. The molecule has 1 aromatic rings. The van der Waals surface area contributed by atoms with E-state index in [1.807, 2.05) is 0 Å². The van der Waals surface area contributed by atoms with Gasteiger partial charge in [-0.05, 0) is 19.9 Å². The van der Waals surface area contributed by atoms with Crippen LogP contribution in [-0.4, -0.2) is 17.7 Å². The molecule has 74 valence electrons. The first-order valence-corrected chi connectivity index (χ1v) is 4.24. The molecule has 0 aromatic heterocycles. The van der Waals surface area contributed by atoms with Gasteiger partial charge in [-0.2, -0.15) is 0 Å². The second-order valence-corrected chi connectivity index (χ2v) is 3.19. The maximum Gasteiger partial charge on any atom is 0.231 e. The van der Waals surface area contributed by atoms with Crippen molar-refractivity contribution < 1.29 is 19.4 Å². The highest BCUT2D eigenvalue weighted by Gasteiger charge is 2.22. The minimum Gasteiger partial charge on any atom is -0.507 e. The molecule has 0 spiro atoms. The summed E-state index contributed by atoms with van der Waals surface area (Å²) in [6.07, 6.45) is 0. The van der Waals surface area contributed by atoms with Crippen LogP contribution in [-0.2, 0) is 0 Å². The smallest absolute Gasteiger partial charge is 0.231 e. The summed E-state index contributed by atoms with van der Waals surface area (Å²) in [4.78, 5) is 11.2. The molecule has 1 aliphatic heterocycles. The average Bonchev–Trinajstić information content (AvgIpc) is 2.58. The van der Waals surface area contributed by atoms with Crippen molar-refractivity contribution in [1.29, 1.82) is 0 Å². The van der Waals surface area contributed by atoms with Gasteiger partial charge in [0.25, 0.3) is 0 Å². The molecule has 1 aliphatic rings. The topological polar surface area (TPSA) is 55.8 Å². The fourth-order valence-electron chi connectivity index (χ4n) is 1.47. The quantitative estimate of drug-likeness (QED) is 0.690. The van der Waals surface area contributed by atoms with Crippen LogP contribution in [0.4, 0.5) is 0 Å². The molecule has 0 saturated carbocycles. The Labute approximate surface area is 81.1 Å². The number of Topliss-reactive ketones (excluding diaryl/α,β-unsaturated/α-hetero) is 1. The van der Waals surface area contributed by atoms with Crippen LogP contribution in [0.25, 0.3) is 0 Å². The zero-order chi connectivity index (χ0) is 10.3. The minimum atomic E-state index is -0.191. The summed E-state index contributed by atoms with van der Waals surface area (Å²) in [5.74, 6) is 0.823. The van der Waals surface area contributed by atoms with Crippen molar-refractivity contribution in [3.8, 4) is 17.2 Å². The third-order valence-corrected chi connectivity index (χ3v) is 2.25. The number of phenols is 1. The van der Waals surface area contributed by atoms with E-state index in [2.05, 4.69) is 0 Å². The lowest BCUT2D eigenvalue weighted by atomic mass is 10.1. The molecule has 1 heterocycles. The number of carbonyl (C=O) groups is 1. The van der Waals surface area contributed by atoms with Crippen molar-refractivity contribution >= 4 is 5.78 Å². The first kappa shape index (κ1) is 8.87. The lowest BCUT2D eigenvalue weighted by Crippen LogP contribution is -1.95. The van der Waals surface area contributed by atoms with Gasteiger partial charge in [-0.15, -0.1) is 0 Å². The van der Waals surface area contributed by atoms with Crippen molar-refractivity contribution in [2.24, 2.45) is 0 Å². The van der Waals surface area contributed by atoms with Gasteiger partial charge in [-0.25, -0.2) is 0 Å². The third-order valence-electron chi connectivity index (χ3n) is 2.25. The van der Waals surface area contributed by atoms with Crippen molar-refractivity contribution in [2.75, 3.05) is 6.79 Å².